The highest BCUT2D eigenvalue weighted by molar-refractivity contribution is 5.94. The summed E-state index contributed by atoms with van der Waals surface area (Å²) in [4.78, 5) is 12.8. The number of hydrogen-bond donors (Lipinski definition) is 1. The number of para-hydroxylation sites is 1. The van der Waals surface area contributed by atoms with E-state index >= 15 is 0 Å². The molecule has 0 spiro atoms. The third kappa shape index (κ3) is 2.46. The van der Waals surface area contributed by atoms with E-state index in [-0.39, 0.29) is 11.8 Å². The SMILES string of the molecule is Cc1ccccc1NC(=O)C1[C@H]2CCC[C@@H]1C2c1ccccc1. The van der Waals surface area contributed by atoms with E-state index in [9.17, 15) is 4.79 Å². The van der Waals surface area contributed by atoms with E-state index in [1.165, 1.54) is 24.8 Å². The summed E-state index contributed by atoms with van der Waals surface area (Å²) in [5.41, 5.74) is 3.51. The van der Waals surface area contributed by atoms with E-state index in [0.717, 1.165) is 11.3 Å². The number of fused-ring (bicyclic) bond motifs is 2. The van der Waals surface area contributed by atoms with Gasteiger partial charge < -0.3 is 5.32 Å². The predicted octanol–water partition coefficient (Wildman–Crippen LogP) is 4.76. The van der Waals surface area contributed by atoms with Crippen LogP contribution in [-0.4, -0.2) is 5.91 Å². The second-order valence-corrected chi connectivity index (χ2v) is 7.03. The largest absolute Gasteiger partial charge is 0.326 e. The van der Waals surface area contributed by atoms with Crippen molar-refractivity contribution in [3.63, 3.8) is 0 Å². The maximum absolute atomic E-state index is 12.8. The number of carbonyl (C=O) groups excluding carboxylic acids is 1. The zero-order valence-corrected chi connectivity index (χ0v) is 13.5. The van der Waals surface area contributed by atoms with Crippen molar-refractivity contribution in [2.75, 3.05) is 5.32 Å². The molecule has 2 nitrogen and oxygen atoms in total. The molecule has 0 aromatic heterocycles. The van der Waals surface area contributed by atoms with Gasteiger partial charge in [0.05, 0.1) is 0 Å². The molecule has 1 amide bonds. The van der Waals surface area contributed by atoms with Crippen molar-refractivity contribution >= 4 is 11.6 Å². The average Bonchev–Trinajstić information content (AvgIpc) is 2.58. The molecular weight excluding hydrogens is 282 g/mol. The number of carbonyl (C=O) groups is 1. The highest BCUT2D eigenvalue weighted by Crippen LogP contribution is 2.60. The second kappa shape index (κ2) is 5.84. The average molecular weight is 305 g/mol. The fraction of sp³-hybridized carbons (Fsp3) is 0.381. The lowest BCUT2D eigenvalue weighted by Crippen LogP contribution is -2.53. The van der Waals surface area contributed by atoms with E-state index in [2.05, 4.69) is 35.6 Å². The topological polar surface area (TPSA) is 29.1 Å². The number of rotatable bonds is 3. The van der Waals surface area contributed by atoms with Crippen molar-refractivity contribution in [2.24, 2.45) is 17.8 Å². The minimum atomic E-state index is 0.188. The van der Waals surface area contributed by atoms with Crippen LogP contribution in [0.2, 0.25) is 0 Å². The molecule has 2 aromatic carbocycles. The minimum Gasteiger partial charge on any atom is -0.326 e. The van der Waals surface area contributed by atoms with Gasteiger partial charge in [-0.1, -0.05) is 55.0 Å². The van der Waals surface area contributed by atoms with Gasteiger partial charge >= 0.3 is 0 Å². The lowest BCUT2D eigenvalue weighted by Gasteiger charge is -2.55. The summed E-state index contributed by atoms with van der Waals surface area (Å²) in [5.74, 6) is 2.02. The summed E-state index contributed by atoms with van der Waals surface area (Å²) in [6.07, 6.45) is 3.64. The molecule has 118 valence electrons. The molecule has 2 aromatic rings. The van der Waals surface area contributed by atoms with E-state index in [1.54, 1.807) is 0 Å². The van der Waals surface area contributed by atoms with Gasteiger partial charge in [0, 0.05) is 11.6 Å². The van der Waals surface area contributed by atoms with Crippen LogP contribution in [0.3, 0.4) is 0 Å². The Morgan fingerprint density at radius 3 is 2.30 bits per heavy atom. The van der Waals surface area contributed by atoms with Crippen LogP contribution in [0, 0.1) is 24.7 Å². The van der Waals surface area contributed by atoms with E-state index < -0.39 is 0 Å². The molecule has 1 N–H and O–H groups in total. The minimum absolute atomic E-state index is 0.188. The summed E-state index contributed by atoms with van der Waals surface area (Å²) in [5, 5.41) is 3.17. The molecule has 0 radical (unpaired) electrons. The molecule has 4 rings (SSSR count). The van der Waals surface area contributed by atoms with Crippen LogP contribution in [0.1, 0.15) is 36.3 Å². The summed E-state index contributed by atoms with van der Waals surface area (Å²) in [6.45, 7) is 2.05. The van der Waals surface area contributed by atoms with Crippen LogP contribution in [0.25, 0.3) is 0 Å². The van der Waals surface area contributed by atoms with E-state index in [1.807, 2.05) is 31.2 Å². The molecule has 23 heavy (non-hydrogen) atoms. The molecule has 2 saturated carbocycles. The second-order valence-electron chi connectivity index (χ2n) is 7.03. The number of nitrogens with one attached hydrogen (secondary N) is 1. The van der Waals surface area contributed by atoms with Crippen LogP contribution in [0.15, 0.2) is 54.6 Å². The Hall–Kier alpha value is -2.09. The Morgan fingerprint density at radius 2 is 1.61 bits per heavy atom. The van der Waals surface area contributed by atoms with Crippen molar-refractivity contribution < 1.29 is 4.79 Å². The highest BCUT2D eigenvalue weighted by Gasteiger charge is 2.55. The number of aryl methyl sites for hydroxylation is 1. The van der Waals surface area contributed by atoms with Crippen molar-refractivity contribution in [2.45, 2.75) is 32.1 Å². The Balaban J connectivity index is 1.52. The third-order valence-corrected chi connectivity index (χ3v) is 5.81. The molecule has 2 aliphatic rings. The molecule has 2 unspecified atom stereocenters. The van der Waals surface area contributed by atoms with Crippen molar-refractivity contribution in [1.82, 2.24) is 0 Å². The highest BCUT2D eigenvalue weighted by atomic mass is 16.2. The smallest absolute Gasteiger partial charge is 0.228 e. The maximum Gasteiger partial charge on any atom is 0.228 e. The van der Waals surface area contributed by atoms with Gasteiger partial charge in [0.15, 0.2) is 0 Å². The van der Waals surface area contributed by atoms with Crippen molar-refractivity contribution in [3.8, 4) is 0 Å². The molecule has 0 heterocycles. The van der Waals surface area contributed by atoms with Gasteiger partial charge in [0.25, 0.3) is 0 Å². The molecule has 0 saturated heterocycles. The molecule has 4 atom stereocenters. The number of anilines is 1. The Bertz CT molecular complexity index is 697. The van der Waals surface area contributed by atoms with Crippen molar-refractivity contribution in [3.05, 3.63) is 65.7 Å². The number of amides is 1. The summed E-state index contributed by atoms with van der Waals surface area (Å²) >= 11 is 0. The summed E-state index contributed by atoms with van der Waals surface area (Å²) in [7, 11) is 0. The Morgan fingerprint density at radius 1 is 0.957 bits per heavy atom. The zero-order chi connectivity index (χ0) is 15.8. The normalized spacial score (nSPS) is 28.7. The quantitative estimate of drug-likeness (QED) is 0.870. The number of hydrogen-bond acceptors (Lipinski definition) is 1. The fourth-order valence-electron chi connectivity index (χ4n) is 4.73. The Labute approximate surface area is 137 Å². The monoisotopic (exact) mass is 305 g/mol. The summed E-state index contributed by atoms with van der Waals surface area (Å²) < 4.78 is 0. The molecule has 2 heteroatoms. The molecule has 0 aliphatic heterocycles. The first kappa shape index (κ1) is 14.5. The first-order valence-electron chi connectivity index (χ1n) is 8.67. The molecular formula is C21H23NO. The molecule has 2 aliphatic carbocycles. The Kier molecular flexibility index (Phi) is 3.68. The van der Waals surface area contributed by atoms with Gasteiger partial charge in [-0.2, -0.15) is 0 Å². The summed E-state index contributed by atoms with van der Waals surface area (Å²) in [6, 6.07) is 18.8. The van der Waals surface area contributed by atoms with Crippen LogP contribution < -0.4 is 5.32 Å². The molecule has 2 bridgehead atoms. The van der Waals surface area contributed by atoms with Crippen LogP contribution in [-0.2, 0) is 4.79 Å². The third-order valence-electron chi connectivity index (χ3n) is 5.81. The van der Waals surface area contributed by atoms with Gasteiger partial charge in [-0.05, 0) is 54.7 Å². The fourth-order valence-corrected chi connectivity index (χ4v) is 4.73. The van der Waals surface area contributed by atoms with E-state index in [0.29, 0.717) is 17.8 Å². The first-order valence-corrected chi connectivity index (χ1v) is 8.67. The first-order chi connectivity index (χ1) is 11.3. The maximum atomic E-state index is 12.8. The van der Waals surface area contributed by atoms with Gasteiger partial charge in [0.2, 0.25) is 5.91 Å². The van der Waals surface area contributed by atoms with Crippen LogP contribution in [0.5, 0.6) is 0 Å². The van der Waals surface area contributed by atoms with E-state index in [4.69, 9.17) is 0 Å². The van der Waals surface area contributed by atoms with Gasteiger partial charge in [-0.3, -0.25) is 4.79 Å². The number of benzene rings is 2. The van der Waals surface area contributed by atoms with Gasteiger partial charge in [-0.25, -0.2) is 0 Å². The lowest BCUT2D eigenvalue weighted by molar-refractivity contribution is -0.135. The molecule has 2 fully saturated rings. The zero-order valence-electron chi connectivity index (χ0n) is 13.5. The van der Waals surface area contributed by atoms with Crippen molar-refractivity contribution in [1.29, 1.82) is 0 Å². The van der Waals surface area contributed by atoms with Gasteiger partial charge in [-0.15, -0.1) is 0 Å². The van der Waals surface area contributed by atoms with Gasteiger partial charge in [0.1, 0.15) is 0 Å². The lowest BCUT2D eigenvalue weighted by atomic mass is 9.48. The standard InChI is InChI=1S/C21H23NO/c1-14-8-5-6-13-18(14)22-21(23)20-16-11-7-12-17(20)19(16)15-9-3-2-4-10-15/h2-6,8-10,13,16-17,19-20H,7,11-12H2,1H3,(H,22,23)/t16-,17+,19?,20?. The van der Waals surface area contributed by atoms with Crippen LogP contribution in [0.4, 0.5) is 5.69 Å². The van der Waals surface area contributed by atoms with Crippen LogP contribution >= 0.6 is 0 Å². The predicted molar refractivity (Wildman–Crippen MR) is 93.3 cm³/mol.